The highest BCUT2D eigenvalue weighted by Gasteiger charge is 2.55. The number of carbonyl (C=O) groups is 4. The molecule has 0 saturated carbocycles. The number of anilines is 2. The number of hydrogen-bond acceptors (Lipinski definition) is 17. The van der Waals surface area contributed by atoms with E-state index in [-0.39, 0.29) is 43.5 Å². The second-order valence-corrected chi connectivity index (χ2v) is 15.2. The second-order valence-electron chi connectivity index (χ2n) is 14.8. The lowest BCUT2D eigenvalue weighted by molar-refractivity contribution is -0.310. The quantitative estimate of drug-likeness (QED) is 0.0301. The normalized spacial score (nSPS) is 19.4. The van der Waals surface area contributed by atoms with E-state index in [1.165, 1.54) is 6.92 Å². The first-order chi connectivity index (χ1) is 30.7. The number of aliphatic carboxylic acids is 1. The molecule has 3 amide bonds. The molecule has 1 fully saturated rings. The molecule has 9 N–H and O–H groups in total. The number of unbranched alkanes of at least 4 members (excludes halogenated alkanes) is 3. The van der Waals surface area contributed by atoms with Crippen molar-refractivity contribution in [3.8, 4) is 0 Å². The first-order valence-electron chi connectivity index (χ1n) is 21.0. The zero-order valence-electron chi connectivity index (χ0n) is 35.8. The van der Waals surface area contributed by atoms with Crippen LogP contribution in [0.25, 0.3) is 0 Å². The Balaban J connectivity index is 1.34. The van der Waals surface area contributed by atoms with Crippen molar-refractivity contribution >= 4 is 46.7 Å². The molecule has 0 spiro atoms. The number of rotatable bonds is 34. The van der Waals surface area contributed by atoms with Crippen molar-refractivity contribution < 1.29 is 72.4 Å². The van der Waals surface area contributed by atoms with Gasteiger partial charge >= 0.3 is 5.97 Å². The van der Waals surface area contributed by atoms with E-state index in [1.54, 1.807) is 24.3 Å². The van der Waals surface area contributed by atoms with Crippen LogP contribution in [0.1, 0.15) is 44.6 Å². The van der Waals surface area contributed by atoms with Crippen molar-refractivity contribution in [1.82, 2.24) is 16.0 Å². The molecule has 0 unspecified atom stereocenters. The SMILES string of the molecule is CC(=O)NCCOCCOCCOCCOCCNc1c(NCCCCCCO[C@]2(C(=O)O)C[C@H](O)[C@@H](NC(=O)CF)[C@H]([C@H](O)[C@H](O)CNC(=O)Cc3ccc(Cl)cc3)O2)c(=O)c1=O. The molecule has 21 nitrogen and oxygen atoms in total. The number of hydrogen-bond donors (Lipinski definition) is 9. The van der Waals surface area contributed by atoms with Gasteiger partial charge in [-0.15, -0.1) is 0 Å². The molecule has 0 radical (unpaired) electrons. The van der Waals surface area contributed by atoms with Gasteiger partial charge in [0.05, 0.1) is 84.1 Å². The van der Waals surface area contributed by atoms with Gasteiger partial charge in [0.15, 0.2) is 6.67 Å². The van der Waals surface area contributed by atoms with Crippen LogP contribution in [0.2, 0.25) is 5.02 Å². The number of benzene rings is 1. The van der Waals surface area contributed by atoms with E-state index < -0.39 is 84.5 Å². The third-order valence-electron chi connectivity index (χ3n) is 9.77. The van der Waals surface area contributed by atoms with Crippen LogP contribution >= 0.6 is 11.6 Å². The highest BCUT2D eigenvalue weighted by atomic mass is 35.5. The number of halogens is 2. The minimum atomic E-state index is -2.53. The van der Waals surface area contributed by atoms with Crippen LogP contribution in [0.5, 0.6) is 0 Å². The number of amides is 3. The van der Waals surface area contributed by atoms with Gasteiger partial charge in [-0.3, -0.25) is 24.0 Å². The van der Waals surface area contributed by atoms with Gasteiger partial charge in [-0.1, -0.05) is 36.6 Å². The molecule has 0 aromatic heterocycles. The maximum atomic E-state index is 13.2. The number of carbonyl (C=O) groups excluding carboxylic acids is 3. The van der Waals surface area contributed by atoms with Gasteiger partial charge in [0.25, 0.3) is 22.6 Å². The third-order valence-corrected chi connectivity index (χ3v) is 10.0. The molecule has 6 atom stereocenters. The number of carboxylic acids is 1. The summed E-state index contributed by atoms with van der Waals surface area (Å²) in [6.45, 7) is 3.17. The van der Waals surface area contributed by atoms with E-state index in [1.807, 2.05) is 0 Å². The average molecular weight is 934 g/mol. The van der Waals surface area contributed by atoms with Gasteiger partial charge in [0.1, 0.15) is 23.6 Å². The van der Waals surface area contributed by atoms with Crippen molar-refractivity contribution in [2.45, 2.75) is 81.7 Å². The molecule has 2 aromatic carbocycles. The Labute approximate surface area is 374 Å². The van der Waals surface area contributed by atoms with Gasteiger partial charge in [-0.25, -0.2) is 9.18 Å². The summed E-state index contributed by atoms with van der Waals surface area (Å²) in [4.78, 5) is 72.1. The Morgan fingerprint density at radius 2 is 1.36 bits per heavy atom. The number of aliphatic hydroxyl groups is 3. The molecule has 3 rings (SSSR count). The third kappa shape index (κ3) is 18.6. The summed E-state index contributed by atoms with van der Waals surface area (Å²) in [7, 11) is 0. The van der Waals surface area contributed by atoms with E-state index in [2.05, 4.69) is 26.6 Å². The summed E-state index contributed by atoms with van der Waals surface area (Å²) in [5.41, 5.74) is -0.319. The molecule has 0 aliphatic carbocycles. The van der Waals surface area contributed by atoms with Crippen molar-refractivity contribution in [3.63, 3.8) is 0 Å². The van der Waals surface area contributed by atoms with Crippen LogP contribution in [-0.2, 0) is 54.0 Å². The van der Waals surface area contributed by atoms with Crippen molar-refractivity contribution in [2.24, 2.45) is 0 Å². The topological polar surface area (TPSA) is 299 Å². The lowest BCUT2D eigenvalue weighted by Gasteiger charge is -2.46. The molecule has 0 bridgehead atoms. The second kappa shape index (κ2) is 29.2. The molecule has 1 heterocycles. The Morgan fingerprint density at radius 1 is 0.797 bits per heavy atom. The Kier molecular flexibility index (Phi) is 24.7. The van der Waals surface area contributed by atoms with Crippen molar-refractivity contribution in [3.05, 3.63) is 55.3 Å². The first-order valence-corrected chi connectivity index (χ1v) is 21.4. The van der Waals surface area contributed by atoms with Crippen LogP contribution < -0.4 is 37.4 Å². The fraction of sp³-hybridized carbons (Fsp3) is 0.659. The summed E-state index contributed by atoms with van der Waals surface area (Å²) >= 11 is 5.87. The number of alkyl halides is 1. The Bertz CT molecular complexity index is 1800. The molecule has 64 heavy (non-hydrogen) atoms. The van der Waals surface area contributed by atoms with Gasteiger partial charge in [-0.2, -0.15) is 0 Å². The van der Waals surface area contributed by atoms with Gasteiger partial charge < -0.3 is 75.4 Å². The lowest BCUT2D eigenvalue weighted by atomic mass is 9.88. The fourth-order valence-corrected chi connectivity index (χ4v) is 6.54. The monoisotopic (exact) mass is 933 g/mol. The minimum absolute atomic E-state index is 0.0884. The molecule has 2 aromatic rings. The van der Waals surface area contributed by atoms with Crippen LogP contribution in [0, 0.1) is 0 Å². The van der Waals surface area contributed by atoms with Crippen LogP contribution in [-0.4, -0.2) is 173 Å². The van der Waals surface area contributed by atoms with E-state index in [0.717, 1.165) is 0 Å². The molecular weight excluding hydrogens is 873 g/mol. The number of aliphatic hydroxyl groups excluding tert-OH is 3. The Hall–Kier alpha value is -4.36. The number of carboxylic acid groups (broad SMARTS) is 1. The molecule has 23 heteroatoms. The van der Waals surface area contributed by atoms with E-state index in [0.29, 0.717) is 95.6 Å². The zero-order chi connectivity index (χ0) is 46.9. The largest absolute Gasteiger partial charge is 0.477 e. The van der Waals surface area contributed by atoms with E-state index >= 15 is 0 Å². The zero-order valence-corrected chi connectivity index (χ0v) is 36.5. The van der Waals surface area contributed by atoms with Crippen LogP contribution in [0.15, 0.2) is 33.9 Å². The van der Waals surface area contributed by atoms with E-state index in [9.17, 15) is 53.6 Å². The molecule has 1 saturated heterocycles. The van der Waals surface area contributed by atoms with Gasteiger partial charge in [-0.05, 0) is 30.5 Å². The Morgan fingerprint density at radius 3 is 1.94 bits per heavy atom. The van der Waals surface area contributed by atoms with Crippen molar-refractivity contribution in [1.29, 1.82) is 0 Å². The predicted molar refractivity (Wildman–Crippen MR) is 229 cm³/mol. The summed E-state index contributed by atoms with van der Waals surface area (Å²) in [5, 5.41) is 56.6. The molecular formula is C41H61ClFN5O16. The lowest BCUT2D eigenvalue weighted by Crippen LogP contribution is -2.68. The van der Waals surface area contributed by atoms with Crippen LogP contribution in [0.4, 0.5) is 15.8 Å². The summed E-state index contributed by atoms with van der Waals surface area (Å²) < 4.78 is 46.1. The van der Waals surface area contributed by atoms with Gasteiger partial charge in [0, 0.05) is 44.5 Å². The summed E-state index contributed by atoms with van der Waals surface area (Å²) in [6.07, 6.45) is -6.15. The highest BCUT2D eigenvalue weighted by molar-refractivity contribution is 6.30. The standard InChI is InChI=1S/C41H61ClFN5O16/c1-26(49)44-11-14-59-16-18-61-20-21-62-19-17-60-15-12-46-35-34(37(55)38(35)56)45-10-4-2-3-5-13-63-41(40(57)58)23-29(50)33(48-32(53)24-43)39(64-41)36(54)30(51)25-47-31(52)22-27-6-8-28(42)9-7-27/h6-9,29-30,33,36,39,45-46,50-51,54H,2-5,10-25H2,1H3,(H,44,49)(H,47,52)(H,48,53)(H,57,58)/t29-,30+,33+,36+,39+,41+/m0/s1. The van der Waals surface area contributed by atoms with E-state index in [4.69, 9.17) is 40.0 Å². The maximum absolute atomic E-state index is 13.2. The summed E-state index contributed by atoms with van der Waals surface area (Å²) in [6, 6.07) is 4.88. The number of nitrogens with one attached hydrogen (secondary N) is 5. The van der Waals surface area contributed by atoms with Gasteiger partial charge in [0.2, 0.25) is 11.8 Å². The molecule has 360 valence electrons. The smallest absolute Gasteiger partial charge is 0.364 e. The summed E-state index contributed by atoms with van der Waals surface area (Å²) in [5.74, 6) is -6.03. The minimum Gasteiger partial charge on any atom is -0.477 e. The molecule has 1 aliphatic rings. The first kappa shape index (κ1) is 54.0. The van der Waals surface area contributed by atoms with Crippen molar-refractivity contribution in [2.75, 3.05) is 103 Å². The fourth-order valence-electron chi connectivity index (χ4n) is 6.42. The maximum Gasteiger partial charge on any atom is 0.364 e. The number of ether oxygens (including phenoxy) is 6. The highest BCUT2D eigenvalue weighted by Crippen LogP contribution is 2.34. The van der Waals surface area contributed by atoms with Crippen LogP contribution in [0.3, 0.4) is 0 Å². The molecule has 1 aliphatic heterocycles. The predicted octanol–water partition coefficient (Wildman–Crippen LogP) is -0.995. The average Bonchev–Trinajstić information content (AvgIpc) is 3.27.